The second-order valence-corrected chi connectivity index (χ2v) is 10.1. The summed E-state index contributed by atoms with van der Waals surface area (Å²) >= 11 is 5.84. The van der Waals surface area contributed by atoms with Crippen molar-refractivity contribution in [1.82, 2.24) is 4.31 Å². The van der Waals surface area contributed by atoms with Crippen molar-refractivity contribution in [3.63, 3.8) is 0 Å². The van der Waals surface area contributed by atoms with Crippen LogP contribution < -0.4 is 4.90 Å². The van der Waals surface area contributed by atoms with Gasteiger partial charge in [0.1, 0.15) is 0 Å². The summed E-state index contributed by atoms with van der Waals surface area (Å²) in [6.07, 6.45) is -4.85. The second-order valence-electron chi connectivity index (χ2n) is 7.82. The predicted molar refractivity (Wildman–Crippen MR) is 114 cm³/mol. The first-order valence-corrected chi connectivity index (χ1v) is 11.6. The Morgan fingerprint density at radius 3 is 2.28 bits per heavy atom. The van der Waals surface area contributed by atoms with Crippen LogP contribution in [0.1, 0.15) is 25.0 Å². The molecule has 1 saturated heterocycles. The standard InChI is InChI=1S/C21H22ClF3N2O4S/c1-13-11-26(16-6-7-18(19(22)10-16)21(23,24)25)12-14(2)27(13)32(30,31)17-5-3-4-15(8-17)9-20(28)29/h3-8,10,13-14H,9,11-12H2,1-2H3,(H,28,29)/t13-,14+. The van der Waals surface area contributed by atoms with Crippen molar-refractivity contribution >= 4 is 33.3 Å². The number of hydrogen-bond acceptors (Lipinski definition) is 4. The van der Waals surface area contributed by atoms with Gasteiger partial charge in [0.15, 0.2) is 0 Å². The van der Waals surface area contributed by atoms with Crippen LogP contribution in [0.5, 0.6) is 0 Å². The van der Waals surface area contributed by atoms with Crippen LogP contribution in [0.4, 0.5) is 18.9 Å². The maximum Gasteiger partial charge on any atom is 0.417 e. The van der Waals surface area contributed by atoms with Gasteiger partial charge in [-0.1, -0.05) is 23.7 Å². The molecule has 2 atom stereocenters. The smallest absolute Gasteiger partial charge is 0.417 e. The van der Waals surface area contributed by atoms with Crippen molar-refractivity contribution in [2.45, 2.75) is 43.4 Å². The fraction of sp³-hybridized carbons (Fsp3) is 0.381. The average molecular weight is 491 g/mol. The fourth-order valence-corrected chi connectivity index (χ4v) is 6.19. The second kappa shape index (κ2) is 8.92. The molecule has 2 aromatic rings. The van der Waals surface area contributed by atoms with Crippen molar-refractivity contribution in [3.05, 3.63) is 58.6 Å². The van der Waals surface area contributed by atoms with Gasteiger partial charge in [-0.2, -0.15) is 17.5 Å². The number of rotatable bonds is 5. The average Bonchev–Trinajstić information content (AvgIpc) is 2.65. The lowest BCUT2D eigenvalue weighted by Gasteiger charge is -2.44. The summed E-state index contributed by atoms with van der Waals surface area (Å²) in [4.78, 5) is 12.8. The molecule has 1 N–H and O–H groups in total. The lowest BCUT2D eigenvalue weighted by Crippen LogP contribution is -2.58. The van der Waals surface area contributed by atoms with Crippen molar-refractivity contribution in [3.8, 4) is 0 Å². The van der Waals surface area contributed by atoms with Crippen LogP contribution in [0.2, 0.25) is 5.02 Å². The fourth-order valence-electron chi connectivity index (χ4n) is 4.04. The van der Waals surface area contributed by atoms with E-state index in [1.54, 1.807) is 24.8 Å². The number of halogens is 4. The predicted octanol–water partition coefficient (Wildman–Crippen LogP) is 4.27. The lowest BCUT2D eigenvalue weighted by molar-refractivity contribution is -0.138. The van der Waals surface area contributed by atoms with E-state index in [-0.39, 0.29) is 24.4 Å². The molecule has 3 rings (SSSR count). The van der Waals surface area contributed by atoms with Gasteiger partial charge < -0.3 is 10.0 Å². The molecule has 0 aliphatic carbocycles. The van der Waals surface area contributed by atoms with Crippen LogP contribution in [-0.2, 0) is 27.4 Å². The summed E-state index contributed by atoms with van der Waals surface area (Å²) in [7, 11) is -3.92. The van der Waals surface area contributed by atoms with Gasteiger partial charge in [0.25, 0.3) is 0 Å². The Bertz CT molecular complexity index is 1110. The van der Waals surface area contributed by atoms with Crippen molar-refractivity contribution in [2.24, 2.45) is 0 Å². The number of anilines is 1. The summed E-state index contributed by atoms with van der Waals surface area (Å²) in [5.74, 6) is -1.06. The van der Waals surface area contributed by atoms with Gasteiger partial charge in [-0.25, -0.2) is 8.42 Å². The largest absolute Gasteiger partial charge is 0.481 e. The minimum atomic E-state index is -4.56. The van der Waals surface area contributed by atoms with Gasteiger partial charge in [-0.15, -0.1) is 0 Å². The van der Waals surface area contributed by atoms with Gasteiger partial charge in [0, 0.05) is 30.9 Å². The van der Waals surface area contributed by atoms with Crippen LogP contribution in [0.3, 0.4) is 0 Å². The number of aliphatic carboxylic acids is 1. The van der Waals surface area contributed by atoms with E-state index in [1.807, 2.05) is 0 Å². The third-order valence-electron chi connectivity index (χ3n) is 5.29. The molecule has 0 aromatic heterocycles. The number of alkyl halides is 3. The highest BCUT2D eigenvalue weighted by molar-refractivity contribution is 7.89. The van der Waals surface area contributed by atoms with Crippen LogP contribution in [0, 0.1) is 0 Å². The Kier molecular flexibility index (Phi) is 6.78. The quantitative estimate of drug-likeness (QED) is 0.677. The molecule has 6 nitrogen and oxygen atoms in total. The first-order valence-electron chi connectivity index (χ1n) is 9.76. The first kappa shape index (κ1) is 24.3. The number of nitrogens with zero attached hydrogens (tertiary/aromatic N) is 2. The van der Waals surface area contributed by atoms with E-state index in [2.05, 4.69) is 0 Å². The van der Waals surface area contributed by atoms with Crippen molar-refractivity contribution in [2.75, 3.05) is 18.0 Å². The van der Waals surface area contributed by atoms with Crippen LogP contribution >= 0.6 is 11.6 Å². The molecule has 0 spiro atoms. The number of benzene rings is 2. The molecule has 174 valence electrons. The van der Waals surface area contributed by atoms with Crippen molar-refractivity contribution < 1.29 is 31.5 Å². The highest BCUT2D eigenvalue weighted by Gasteiger charge is 2.39. The molecule has 0 radical (unpaired) electrons. The number of carbonyl (C=O) groups is 1. The Balaban J connectivity index is 1.85. The van der Waals surface area contributed by atoms with E-state index < -0.39 is 44.8 Å². The molecule has 2 aromatic carbocycles. The summed E-state index contributed by atoms with van der Waals surface area (Å²) in [6, 6.07) is 8.32. The summed E-state index contributed by atoms with van der Waals surface area (Å²) in [5, 5.41) is 8.56. The molecule has 0 saturated carbocycles. The van der Waals surface area contributed by atoms with Gasteiger partial charge >= 0.3 is 12.1 Å². The minimum absolute atomic E-state index is 0.000902. The van der Waals surface area contributed by atoms with E-state index in [4.69, 9.17) is 16.7 Å². The third-order valence-corrected chi connectivity index (χ3v) is 7.73. The Morgan fingerprint density at radius 1 is 1.12 bits per heavy atom. The van der Waals surface area contributed by atoms with Crippen molar-refractivity contribution in [1.29, 1.82) is 0 Å². The zero-order valence-corrected chi connectivity index (χ0v) is 18.9. The maximum atomic E-state index is 13.3. The van der Waals surface area contributed by atoms with E-state index in [1.165, 1.54) is 34.6 Å². The Labute approximate surface area is 189 Å². The Hall–Kier alpha value is -2.30. The van der Waals surface area contributed by atoms with Crippen LogP contribution in [0.15, 0.2) is 47.4 Å². The van der Waals surface area contributed by atoms with E-state index in [0.29, 0.717) is 11.3 Å². The molecule has 32 heavy (non-hydrogen) atoms. The summed E-state index contributed by atoms with van der Waals surface area (Å²) in [5.41, 5.74) is -0.0782. The number of carboxylic acids is 1. The minimum Gasteiger partial charge on any atom is -0.481 e. The lowest BCUT2D eigenvalue weighted by atomic mass is 10.1. The molecule has 1 fully saturated rings. The highest BCUT2D eigenvalue weighted by atomic mass is 35.5. The molecular weight excluding hydrogens is 469 g/mol. The van der Waals surface area contributed by atoms with Crippen LogP contribution in [-0.4, -0.2) is 49.0 Å². The maximum absolute atomic E-state index is 13.3. The SMILES string of the molecule is C[C@@H]1CN(c2ccc(C(F)(F)F)c(Cl)c2)C[C@H](C)N1S(=O)(=O)c1cccc(CC(=O)O)c1. The normalized spacial score (nSPS) is 20.4. The van der Waals surface area contributed by atoms with E-state index >= 15 is 0 Å². The molecule has 0 unspecified atom stereocenters. The van der Waals surface area contributed by atoms with Gasteiger partial charge in [0.05, 0.1) is 21.9 Å². The molecule has 1 aliphatic rings. The number of hydrogen-bond donors (Lipinski definition) is 1. The molecule has 1 heterocycles. The van der Waals surface area contributed by atoms with E-state index in [9.17, 15) is 26.4 Å². The molecule has 11 heteroatoms. The monoisotopic (exact) mass is 490 g/mol. The van der Waals surface area contributed by atoms with E-state index in [0.717, 1.165) is 6.07 Å². The highest BCUT2D eigenvalue weighted by Crippen LogP contribution is 2.37. The number of carboxylic acid groups (broad SMARTS) is 1. The molecule has 0 bridgehead atoms. The summed E-state index contributed by atoms with van der Waals surface area (Å²) in [6.45, 7) is 3.93. The topological polar surface area (TPSA) is 77.9 Å². The number of sulfonamides is 1. The van der Waals surface area contributed by atoms with Crippen LogP contribution in [0.25, 0.3) is 0 Å². The van der Waals surface area contributed by atoms with Gasteiger partial charge in [0.2, 0.25) is 10.0 Å². The zero-order chi connectivity index (χ0) is 23.8. The molecule has 1 aliphatic heterocycles. The first-order chi connectivity index (χ1) is 14.8. The third kappa shape index (κ3) is 5.02. The molecule has 0 amide bonds. The Morgan fingerprint density at radius 2 is 1.75 bits per heavy atom. The van der Waals surface area contributed by atoms with Gasteiger partial charge in [-0.3, -0.25) is 4.79 Å². The zero-order valence-electron chi connectivity index (χ0n) is 17.3. The number of piperazine rings is 1. The van der Waals surface area contributed by atoms with Gasteiger partial charge in [-0.05, 0) is 49.7 Å². The molecular formula is C21H22ClF3N2O4S. The summed E-state index contributed by atoms with van der Waals surface area (Å²) < 4.78 is 66.9.